The van der Waals surface area contributed by atoms with Crippen molar-refractivity contribution in [2.24, 2.45) is 0 Å². The molecule has 0 fully saturated rings. The molecule has 1 atom stereocenters. The number of halogens is 1. The molecule has 0 radical (unpaired) electrons. The summed E-state index contributed by atoms with van der Waals surface area (Å²) in [5.41, 5.74) is 1.26. The van der Waals surface area contributed by atoms with E-state index in [1.54, 1.807) is 24.3 Å². The maximum absolute atomic E-state index is 13.5. The van der Waals surface area contributed by atoms with Crippen LogP contribution in [0.2, 0.25) is 0 Å². The number of benzene rings is 3. The van der Waals surface area contributed by atoms with E-state index in [2.05, 4.69) is 31.3 Å². The van der Waals surface area contributed by atoms with Crippen molar-refractivity contribution in [2.45, 2.75) is 50.5 Å². The predicted molar refractivity (Wildman–Crippen MR) is 140 cm³/mol. The van der Waals surface area contributed by atoms with Crippen LogP contribution in [0.25, 0.3) is 0 Å². The maximum Gasteiger partial charge on any atom is 0.264 e. The SMILES string of the molecule is CCOc1ccc(N(CC(=O)NC(C)CC(C)(C)c2ccccc2)S(=O)(=O)c2ccc(F)cc2)cc1. The molecule has 0 heterocycles. The monoisotopic (exact) mass is 512 g/mol. The number of nitrogens with zero attached hydrogens (tertiary/aromatic N) is 1. The van der Waals surface area contributed by atoms with E-state index in [1.807, 2.05) is 32.0 Å². The third-order valence-corrected chi connectivity index (χ3v) is 7.69. The molecule has 1 unspecified atom stereocenters. The van der Waals surface area contributed by atoms with E-state index in [-0.39, 0.29) is 16.4 Å². The summed E-state index contributed by atoms with van der Waals surface area (Å²) in [6.45, 7) is 8.01. The van der Waals surface area contributed by atoms with Gasteiger partial charge in [-0.25, -0.2) is 12.8 Å². The lowest BCUT2D eigenvalue weighted by atomic mass is 9.79. The number of carbonyl (C=O) groups is 1. The second kappa shape index (κ2) is 11.6. The van der Waals surface area contributed by atoms with Gasteiger partial charge in [0.1, 0.15) is 18.1 Å². The summed E-state index contributed by atoms with van der Waals surface area (Å²) in [4.78, 5) is 13.0. The maximum atomic E-state index is 13.5. The number of rotatable bonds is 11. The number of hydrogen-bond donors (Lipinski definition) is 1. The van der Waals surface area contributed by atoms with Crippen molar-refractivity contribution in [1.29, 1.82) is 0 Å². The fourth-order valence-corrected chi connectivity index (χ4v) is 5.62. The smallest absolute Gasteiger partial charge is 0.264 e. The van der Waals surface area contributed by atoms with Gasteiger partial charge >= 0.3 is 0 Å². The topological polar surface area (TPSA) is 75.7 Å². The second-order valence-electron chi connectivity index (χ2n) is 9.32. The van der Waals surface area contributed by atoms with E-state index in [9.17, 15) is 17.6 Å². The van der Waals surface area contributed by atoms with Gasteiger partial charge in [-0.1, -0.05) is 44.2 Å². The van der Waals surface area contributed by atoms with Crippen LogP contribution in [0.15, 0.2) is 83.8 Å². The highest BCUT2D eigenvalue weighted by Gasteiger charge is 2.29. The van der Waals surface area contributed by atoms with Crippen molar-refractivity contribution < 1.29 is 22.3 Å². The molecule has 3 rings (SSSR count). The van der Waals surface area contributed by atoms with Crippen LogP contribution >= 0.6 is 0 Å². The Kier molecular flexibility index (Phi) is 8.74. The van der Waals surface area contributed by atoms with Crippen LogP contribution in [0.1, 0.15) is 39.7 Å². The summed E-state index contributed by atoms with van der Waals surface area (Å²) >= 11 is 0. The standard InChI is InChI=1S/C28H33FN2O4S/c1-5-35-25-15-13-24(14-16-25)31(36(33,34)26-17-11-23(29)12-18-26)20-27(32)30-21(2)19-28(3,4)22-9-7-6-8-10-22/h6-18,21H,5,19-20H2,1-4H3,(H,30,32). The molecule has 0 saturated heterocycles. The van der Waals surface area contributed by atoms with Crippen LogP contribution < -0.4 is 14.4 Å². The van der Waals surface area contributed by atoms with Crippen molar-refractivity contribution in [1.82, 2.24) is 5.32 Å². The first-order chi connectivity index (χ1) is 17.0. The lowest BCUT2D eigenvalue weighted by Gasteiger charge is -2.30. The van der Waals surface area contributed by atoms with Crippen molar-refractivity contribution >= 4 is 21.6 Å². The molecule has 1 N–H and O–H groups in total. The van der Waals surface area contributed by atoms with Gasteiger partial charge in [-0.2, -0.15) is 0 Å². The van der Waals surface area contributed by atoms with Gasteiger partial charge in [-0.05, 0) is 79.8 Å². The molecule has 36 heavy (non-hydrogen) atoms. The molecule has 0 aliphatic carbocycles. The summed E-state index contributed by atoms with van der Waals surface area (Å²) in [7, 11) is -4.14. The van der Waals surface area contributed by atoms with Gasteiger partial charge in [0.25, 0.3) is 10.0 Å². The highest BCUT2D eigenvalue weighted by molar-refractivity contribution is 7.92. The molecule has 6 nitrogen and oxygen atoms in total. The fourth-order valence-electron chi connectivity index (χ4n) is 4.20. The lowest BCUT2D eigenvalue weighted by Crippen LogP contribution is -2.45. The van der Waals surface area contributed by atoms with Gasteiger partial charge < -0.3 is 10.1 Å². The largest absolute Gasteiger partial charge is 0.494 e. The highest BCUT2D eigenvalue weighted by atomic mass is 32.2. The number of nitrogens with one attached hydrogen (secondary N) is 1. The zero-order chi connectivity index (χ0) is 26.3. The number of ether oxygens (including phenoxy) is 1. The van der Waals surface area contributed by atoms with Crippen LogP contribution in [0, 0.1) is 5.82 Å². The van der Waals surface area contributed by atoms with E-state index in [0.29, 0.717) is 24.5 Å². The lowest BCUT2D eigenvalue weighted by molar-refractivity contribution is -0.120. The van der Waals surface area contributed by atoms with E-state index >= 15 is 0 Å². The molecule has 0 bridgehead atoms. The molecule has 0 aliphatic rings. The summed E-state index contributed by atoms with van der Waals surface area (Å²) in [5, 5.41) is 2.94. The predicted octanol–water partition coefficient (Wildman–Crippen LogP) is 5.29. The van der Waals surface area contributed by atoms with E-state index in [0.717, 1.165) is 22.0 Å². The molecule has 1 amide bonds. The van der Waals surface area contributed by atoms with Gasteiger partial charge in [0.15, 0.2) is 0 Å². The Morgan fingerprint density at radius 1 is 1.00 bits per heavy atom. The number of sulfonamides is 1. The van der Waals surface area contributed by atoms with Crippen molar-refractivity contribution in [3.05, 3.63) is 90.2 Å². The van der Waals surface area contributed by atoms with Crippen LogP contribution in [0.5, 0.6) is 5.75 Å². The van der Waals surface area contributed by atoms with E-state index in [4.69, 9.17) is 4.74 Å². The Balaban J connectivity index is 1.81. The van der Waals surface area contributed by atoms with Gasteiger partial charge in [-0.15, -0.1) is 0 Å². The van der Waals surface area contributed by atoms with E-state index < -0.39 is 28.3 Å². The number of anilines is 1. The molecule has 0 saturated carbocycles. The van der Waals surface area contributed by atoms with Crippen molar-refractivity contribution in [3.8, 4) is 5.75 Å². The Morgan fingerprint density at radius 2 is 1.61 bits per heavy atom. The minimum Gasteiger partial charge on any atom is -0.494 e. The average Bonchev–Trinajstić information content (AvgIpc) is 2.84. The van der Waals surface area contributed by atoms with Crippen LogP contribution in [0.4, 0.5) is 10.1 Å². The molecule has 0 aromatic heterocycles. The molecule has 0 spiro atoms. The first kappa shape index (κ1) is 27.2. The first-order valence-electron chi connectivity index (χ1n) is 11.9. The summed E-state index contributed by atoms with van der Waals surface area (Å²) in [6, 6.07) is 20.8. The van der Waals surface area contributed by atoms with Gasteiger partial charge in [-0.3, -0.25) is 9.10 Å². The first-order valence-corrected chi connectivity index (χ1v) is 13.3. The minimum absolute atomic E-state index is 0.108. The Morgan fingerprint density at radius 3 is 2.19 bits per heavy atom. The quantitative estimate of drug-likeness (QED) is 0.379. The van der Waals surface area contributed by atoms with Gasteiger partial charge in [0.2, 0.25) is 5.91 Å². The average molecular weight is 513 g/mol. The Labute approximate surface area is 213 Å². The second-order valence-corrected chi connectivity index (χ2v) is 11.2. The highest BCUT2D eigenvalue weighted by Crippen LogP contribution is 2.29. The molecule has 192 valence electrons. The summed E-state index contributed by atoms with van der Waals surface area (Å²) < 4.78 is 46.9. The molecule has 0 aliphatic heterocycles. The van der Waals surface area contributed by atoms with Crippen LogP contribution in [-0.4, -0.2) is 33.5 Å². The summed E-state index contributed by atoms with van der Waals surface area (Å²) in [5.74, 6) is -0.401. The van der Waals surface area contributed by atoms with Crippen molar-refractivity contribution in [3.63, 3.8) is 0 Å². The van der Waals surface area contributed by atoms with Gasteiger partial charge in [0, 0.05) is 6.04 Å². The molecule has 3 aromatic carbocycles. The number of carbonyl (C=O) groups excluding carboxylic acids is 1. The third-order valence-electron chi connectivity index (χ3n) is 5.90. The van der Waals surface area contributed by atoms with Gasteiger partial charge in [0.05, 0.1) is 17.2 Å². The minimum atomic E-state index is -4.14. The molecular weight excluding hydrogens is 479 g/mol. The zero-order valence-electron chi connectivity index (χ0n) is 21.1. The van der Waals surface area contributed by atoms with E-state index in [1.165, 1.54) is 12.1 Å². The summed E-state index contributed by atoms with van der Waals surface area (Å²) in [6.07, 6.45) is 0.663. The fraction of sp³-hybridized carbons (Fsp3) is 0.321. The van der Waals surface area contributed by atoms with Crippen LogP contribution in [-0.2, 0) is 20.2 Å². The molecule has 8 heteroatoms. The normalized spacial score (nSPS) is 12.6. The number of amides is 1. The third kappa shape index (κ3) is 6.85. The Bertz CT molecular complexity index is 1240. The zero-order valence-corrected chi connectivity index (χ0v) is 21.9. The van der Waals surface area contributed by atoms with Crippen molar-refractivity contribution in [2.75, 3.05) is 17.5 Å². The molecular formula is C28H33FN2O4S. The Hall–Kier alpha value is -3.39. The van der Waals surface area contributed by atoms with Crippen LogP contribution in [0.3, 0.4) is 0 Å². The number of hydrogen-bond acceptors (Lipinski definition) is 4. The molecule has 3 aromatic rings.